The number of carboxylic acids is 1. The average molecular weight is 433 g/mol. The standard InChI is InChI=1S/C24H40N4O3/c25-22-21(14-11-16-26-22)23(29)27-15-9-7-5-3-1-2-4-6-8-10-17-28-18-12-13-20(19-28)24(30)31/h11,14,16,20H,1-10,12-13,15,17-19H2,(H2,25,26)(H,27,29)(H,30,31). The van der Waals surface area contributed by atoms with E-state index < -0.39 is 5.97 Å². The Kier molecular flexibility index (Phi) is 12.0. The van der Waals surface area contributed by atoms with Gasteiger partial charge in [0.15, 0.2) is 0 Å². The lowest BCUT2D eigenvalue weighted by Gasteiger charge is -2.30. The molecular weight excluding hydrogens is 392 g/mol. The van der Waals surface area contributed by atoms with Crippen molar-refractivity contribution in [3.63, 3.8) is 0 Å². The molecule has 0 aliphatic carbocycles. The summed E-state index contributed by atoms with van der Waals surface area (Å²) in [6.07, 6.45) is 15.6. The zero-order valence-electron chi connectivity index (χ0n) is 18.9. The van der Waals surface area contributed by atoms with Crippen molar-refractivity contribution in [2.45, 2.75) is 77.0 Å². The quantitative estimate of drug-likeness (QED) is 0.360. The Morgan fingerprint density at radius 3 is 2.35 bits per heavy atom. The molecule has 7 nitrogen and oxygen atoms in total. The van der Waals surface area contributed by atoms with Crippen LogP contribution in [0.15, 0.2) is 18.3 Å². The molecule has 1 aromatic rings. The van der Waals surface area contributed by atoms with Gasteiger partial charge in [0, 0.05) is 19.3 Å². The van der Waals surface area contributed by atoms with Crippen molar-refractivity contribution in [1.82, 2.24) is 15.2 Å². The second-order valence-corrected chi connectivity index (χ2v) is 8.71. The van der Waals surface area contributed by atoms with Gasteiger partial charge in [-0.2, -0.15) is 0 Å². The highest BCUT2D eigenvalue weighted by atomic mass is 16.4. The zero-order chi connectivity index (χ0) is 22.3. The van der Waals surface area contributed by atoms with Gasteiger partial charge >= 0.3 is 5.97 Å². The fourth-order valence-electron chi connectivity index (χ4n) is 4.24. The van der Waals surface area contributed by atoms with Crippen molar-refractivity contribution in [3.05, 3.63) is 23.9 Å². The van der Waals surface area contributed by atoms with Gasteiger partial charge in [-0.3, -0.25) is 9.59 Å². The van der Waals surface area contributed by atoms with E-state index in [9.17, 15) is 9.59 Å². The highest BCUT2D eigenvalue weighted by Gasteiger charge is 2.24. The molecule has 1 atom stereocenters. The number of hydrogen-bond donors (Lipinski definition) is 3. The minimum Gasteiger partial charge on any atom is -0.481 e. The first-order chi connectivity index (χ1) is 15.1. The van der Waals surface area contributed by atoms with Crippen LogP contribution in [0.4, 0.5) is 5.82 Å². The number of anilines is 1. The Labute approximate surface area is 186 Å². The maximum atomic E-state index is 12.0. The second kappa shape index (κ2) is 14.8. The minimum absolute atomic E-state index is 0.146. The van der Waals surface area contributed by atoms with Gasteiger partial charge in [0.25, 0.3) is 5.91 Å². The number of likely N-dealkylation sites (tertiary alicyclic amines) is 1. The number of piperidine rings is 1. The molecule has 0 spiro atoms. The average Bonchev–Trinajstić information content (AvgIpc) is 2.77. The highest BCUT2D eigenvalue weighted by molar-refractivity contribution is 5.98. The van der Waals surface area contributed by atoms with Crippen LogP contribution in [-0.2, 0) is 4.79 Å². The Morgan fingerprint density at radius 1 is 1.06 bits per heavy atom. The van der Waals surface area contributed by atoms with Gasteiger partial charge in [-0.05, 0) is 50.9 Å². The summed E-state index contributed by atoms with van der Waals surface area (Å²) in [6, 6.07) is 3.41. The van der Waals surface area contributed by atoms with Crippen LogP contribution in [0.2, 0.25) is 0 Å². The van der Waals surface area contributed by atoms with Gasteiger partial charge < -0.3 is 21.1 Å². The van der Waals surface area contributed by atoms with Crippen molar-refractivity contribution in [2.24, 2.45) is 5.92 Å². The summed E-state index contributed by atoms with van der Waals surface area (Å²) in [7, 11) is 0. The first-order valence-electron chi connectivity index (χ1n) is 12.0. The van der Waals surface area contributed by atoms with Crippen molar-refractivity contribution in [3.8, 4) is 0 Å². The molecule has 1 fully saturated rings. The van der Waals surface area contributed by atoms with E-state index in [-0.39, 0.29) is 17.6 Å². The first-order valence-corrected chi connectivity index (χ1v) is 12.0. The number of carboxylic acid groups (broad SMARTS) is 1. The van der Waals surface area contributed by atoms with E-state index in [0.29, 0.717) is 12.1 Å². The lowest BCUT2D eigenvalue weighted by atomic mass is 9.98. The van der Waals surface area contributed by atoms with E-state index in [2.05, 4.69) is 15.2 Å². The van der Waals surface area contributed by atoms with Crippen LogP contribution in [0.1, 0.15) is 87.4 Å². The molecule has 0 bridgehead atoms. The van der Waals surface area contributed by atoms with Crippen LogP contribution in [0.3, 0.4) is 0 Å². The van der Waals surface area contributed by atoms with Gasteiger partial charge in [0.1, 0.15) is 5.82 Å². The smallest absolute Gasteiger partial charge is 0.307 e. The number of rotatable bonds is 15. The molecule has 4 N–H and O–H groups in total. The number of unbranched alkanes of at least 4 members (excludes halogenated alkanes) is 9. The third-order valence-electron chi connectivity index (χ3n) is 6.12. The van der Waals surface area contributed by atoms with Crippen LogP contribution in [-0.4, -0.2) is 53.0 Å². The molecule has 1 saturated heterocycles. The van der Waals surface area contributed by atoms with Crippen LogP contribution in [0.5, 0.6) is 0 Å². The van der Waals surface area contributed by atoms with Gasteiger partial charge in [-0.1, -0.05) is 51.4 Å². The summed E-state index contributed by atoms with van der Waals surface area (Å²) in [6.45, 7) is 3.52. The maximum absolute atomic E-state index is 12.0. The lowest BCUT2D eigenvalue weighted by molar-refractivity contribution is -0.143. The van der Waals surface area contributed by atoms with E-state index in [1.165, 1.54) is 51.4 Å². The number of nitrogen functional groups attached to an aromatic ring is 1. The molecular formula is C24H40N4O3. The van der Waals surface area contributed by atoms with Crippen molar-refractivity contribution < 1.29 is 14.7 Å². The molecule has 0 radical (unpaired) electrons. The Hall–Kier alpha value is -2.15. The normalized spacial score (nSPS) is 16.8. The number of carbonyl (C=O) groups is 2. The van der Waals surface area contributed by atoms with Crippen LogP contribution in [0.25, 0.3) is 0 Å². The predicted molar refractivity (Wildman–Crippen MR) is 124 cm³/mol. The third kappa shape index (κ3) is 10.1. The molecule has 1 aliphatic heterocycles. The van der Waals surface area contributed by atoms with E-state index in [1.54, 1.807) is 18.3 Å². The van der Waals surface area contributed by atoms with Crippen LogP contribution < -0.4 is 11.1 Å². The molecule has 7 heteroatoms. The number of hydrogen-bond acceptors (Lipinski definition) is 5. The summed E-state index contributed by atoms with van der Waals surface area (Å²) in [5.74, 6) is -0.666. The number of nitrogens with two attached hydrogens (primary N) is 1. The molecule has 2 heterocycles. The molecule has 1 amide bonds. The number of aliphatic carboxylic acids is 1. The van der Waals surface area contributed by atoms with E-state index in [4.69, 9.17) is 10.8 Å². The molecule has 174 valence electrons. The molecule has 2 rings (SSSR count). The Balaban J connectivity index is 1.35. The maximum Gasteiger partial charge on any atom is 0.307 e. The van der Waals surface area contributed by atoms with Crippen LogP contribution >= 0.6 is 0 Å². The molecule has 1 unspecified atom stereocenters. The Morgan fingerprint density at radius 2 is 1.71 bits per heavy atom. The summed E-state index contributed by atoms with van der Waals surface area (Å²) >= 11 is 0. The highest BCUT2D eigenvalue weighted by Crippen LogP contribution is 2.17. The second-order valence-electron chi connectivity index (χ2n) is 8.71. The van der Waals surface area contributed by atoms with Gasteiger partial charge in [-0.25, -0.2) is 4.98 Å². The van der Waals surface area contributed by atoms with Crippen molar-refractivity contribution >= 4 is 17.7 Å². The zero-order valence-corrected chi connectivity index (χ0v) is 18.9. The Bertz CT molecular complexity index is 668. The molecule has 0 saturated carbocycles. The molecule has 0 aromatic carbocycles. The van der Waals surface area contributed by atoms with E-state index in [1.807, 2.05) is 0 Å². The molecule has 1 aliphatic rings. The number of pyridine rings is 1. The number of nitrogens with zero attached hydrogens (tertiary/aromatic N) is 2. The topological polar surface area (TPSA) is 109 Å². The van der Waals surface area contributed by atoms with Crippen LogP contribution in [0, 0.1) is 5.92 Å². The number of nitrogens with one attached hydrogen (secondary N) is 1. The van der Waals surface area contributed by atoms with Crippen molar-refractivity contribution in [2.75, 3.05) is 31.9 Å². The monoisotopic (exact) mass is 432 g/mol. The summed E-state index contributed by atoms with van der Waals surface area (Å²) < 4.78 is 0. The van der Waals surface area contributed by atoms with Gasteiger partial charge in [0.05, 0.1) is 11.5 Å². The van der Waals surface area contributed by atoms with Crippen molar-refractivity contribution in [1.29, 1.82) is 0 Å². The molecule has 31 heavy (non-hydrogen) atoms. The lowest BCUT2D eigenvalue weighted by Crippen LogP contribution is -2.39. The minimum atomic E-state index is -0.635. The summed E-state index contributed by atoms with van der Waals surface area (Å²) in [4.78, 5) is 29.4. The van der Waals surface area contributed by atoms with Gasteiger partial charge in [-0.15, -0.1) is 0 Å². The number of carbonyl (C=O) groups excluding carboxylic acids is 1. The van der Waals surface area contributed by atoms with E-state index in [0.717, 1.165) is 45.3 Å². The number of aromatic nitrogens is 1. The molecule has 1 aromatic heterocycles. The van der Waals surface area contributed by atoms with E-state index >= 15 is 0 Å². The SMILES string of the molecule is Nc1ncccc1C(=O)NCCCCCCCCCCCCN1CCCC(C(=O)O)C1. The number of amides is 1. The third-order valence-corrected chi connectivity index (χ3v) is 6.12. The summed E-state index contributed by atoms with van der Waals surface area (Å²) in [5.41, 5.74) is 6.16. The fraction of sp³-hybridized carbons (Fsp3) is 0.708. The largest absolute Gasteiger partial charge is 0.481 e. The fourth-order valence-corrected chi connectivity index (χ4v) is 4.24. The van der Waals surface area contributed by atoms with Gasteiger partial charge in [0.2, 0.25) is 0 Å². The first kappa shape index (κ1) is 25.1. The summed E-state index contributed by atoms with van der Waals surface area (Å²) in [5, 5.41) is 12.1. The predicted octanol–water partition coefficient (Wildman–Crippen LogP) is 4.09.